The van der Waals surface area contributed by atoms with Crippen molar-refractivity contribution in [1.29, 1.82) is 0 Å². The highest BCUT2D eigenvalue weighted by Gasteiger charge is 2.13. The van der Waals surface area contributed by atoms with E-state index in [0.29, 0.717) is 21.6 Å². The lowest BCUT2D eigenvalue weighted by Crippen LogP contribution is -2.10. The highest BCUT2D eigenvalue weighted by Crippen LogP contribution is 2.26. The van der Waals surface area contributed by atoms with Gasteiger partial charge in [0.1, 0.15) is 0 Å². The molecule has 0 aliphatic rings. The number of nitrogens with one attached hydrogen (secondary N) is 1. The van der Waals surface area contributed by atoms with Crippen LogP contribution in [0.3, 0.4) is 0 Å². The van der Waals surface area contributed by atoms with Crippen LogP contribution in [0.1, 0.15) is 40.0 Å². The molecule has 0 aromatic carbocycles. The minimum absolute atomic E-state index is 0.149. The summed E-state index contributed by atoms with van der Waals surface area (Å²) in [6.07, 6.45) is 0. The van der Waals surface area contributed by atoms with Gasteiger partial charge in [-0.3, -0.25) is 10.1 Å². The van der Waals surface area contributed by atoms with Crippen LogP contribution in [0, 0.1) is 6.92 Å². The fourth-order valence-corrected chi connectivity index (χ4v) is 3.08. The number of carbonyl (C=O) groups is 1. The molecular formula is C12H15N3OS2. The first-order valence-corrected chi connectivity index (χ1v) is 7.29. The number of amides is 1. The molecule has 2 aromatic rings. The predicted molar refractivity (Wildman–Crippen MR) is 77.6 cm³/mol. The lowest BCUT2D eigenvalue weighted by molar-refractivity contribution is 0.103. The molecule has 0 aliphatic carbocycles. The van der Waals surface area contributed by atoms with Gasteiger partial charge < -0.3 is 5.73 Å². The van der Waals surface area contributed by atoms with Crippen molar-refractivity contribution in [3.05, 3.63) is 26.9 Å². The summed E-state index contributed by atoms with van der Waals surface area (Å²) in [6.45, 7) is 6.05. The Bertz CT molecular complexity index is 552. The van der Waals surface area contributed by atoms with Crippen molar-refractivity contribution in [3.63, 3.8) is 0 Å². The van der Waals surface area contributed by atoms with E-state index in [-0.39, 0.29) is 5.91 Å². The molecule has 2 heterocycles. The van der Waals surface area contributed by atoms with Gasteiger partial charge in [0, 0.05) is 15.9 Å². The number of hydrogen-bond donors (Lipinski definition) is 2. The normalized spacial score (nSPS) is 10.9. The largest absolute Gasteiger partial charge is 0.398 e. The van der Waals surface area contributed by atoms with E-state index >= 15 is 0 Å². The van der Waals surface area contributed by atoms with Crippen molar-refractivity contribution in [2.45, 2.75) is 26.7 Å². The Morgan fingerprint density at radius 1 is 1.50 bits per heavy atom. The van der Waals surface area contributed by atoms with Gasteiger partial charge in [0.25, 0.3) is 5.91 Å². The van der Waals surface area contributed by atoms with Gasteiger partial charge in [-0.2, -0.15) is 0 Å². The number of nitrogens with two attached hydrogens (primary N) is 1. The summed E-state index contributed by atoms with van der Waals surface area (Å²) in [5.41, 5.74) is 7.39. The molecule has 2 rings (SSSR count). The van der Waals surface area contributed by atoms with Crippen LogP contribution < -0.4 is 11.1 Å². The molecule has 0 unspecified atom stereocenters. The van der Waals surface area contributed by atoms with E-state index in [1.54, 1.807) is 6.07 Å². The molecule has 3 N–H and O–H groups in total. The van der Waals surface area contributed by atoms with E-state index in [4.69, 9.17) is 5.73 Å². The summed E-state index contributed by atoms with van der Waals surface area (Å²) in [5.74, 6) is 0.219. The molecular weight excluding hydrogens is 266 g/mol. The van der Waals surface area contributed by atoms with E-state index in [1.165, 1.54) is 22.7 Å². The number of rotatable bonds is 3. The zero-order valence-electron chi connectivity index (χ0n) is 10.5. The summed E-state index contributed by atoms with van der Waals surface area (Å²) in [6, 6.07) is 1.70. The number of carbonyl (C=O) groups excluding carboxylic acids is 1. The highest BCUT2D eigenvalue weighted by molar-refractivity contribution is 7.15. The molecule has 2 aromatic heterocycles. The SMILES string of the molecule is Cc1sc(C(=O)Nc2nc(C(C)C)cs2)cc1N. The second-order valence-electron chi connectivity index (χ2n) is 4.31. The molecule has 0 fully saturated rings. The predicted octanol–water partition coefficient (Wildman–Crippen LogP) is 3.47. The maximum absolute atomic E-state index is 12.0. The number of nitrogens with zero attached hydrogens (tertiary/aromatic N) is 1. The van der Waals surface area contributed by atoms with E-state index in [2.05, 4.69) is 24.1 Å². The average Bonchev–Trinajstić information content (AvgIpc) is 2.87. The van der Waals surface area contributed by atoms with Gasteiger partial charge in [-0.1, -0.05) is 13.8 Å². The smallest absolute Gasteiger partial charge is 0.267 e. The lowest BCUT2D eigenvalue weighted by atomic mass is 10.2. The summed E-state index contributed by atoms with van der Waals surface area (Å²) in [4.78, 5) is 17.9. The third-order valence-corrected chi connectivity index (χ3v) is 4.35. The number of hydrogen-bond acceptors (Lipinski definition) is 5. The number of anilines is 2. The minimum atomic E-state index is -0.149. The standard InChI is InChI=1S/C12H15N3OS2/c1-6(2)9-5-17-12(14-9)15-11(16)10-4-8(13)7(3)18-10/h4-6H,13H2,1-3H3,(H,14,15,16). The van der Waals surface area contributed by atoms with Crippen LogP contribution in [0.4, 0.5) is 10.8 Å². The zero-order chi connectivity index (χ0) is 13.3. The van der Waals surface area contributed by atoms with Crippen LogP contribution in [0.25, 0.3) is 0 Å². The average molecular weight is 281 g/mol. The Kier molecular flexibility index (Phi) is 3.68. The van der Waals surface area contributed by atoms with E-state index in [1.807, 2.05) is 12.3 Å². The Hall–Kier alpha value is -1.40. The minimum Gasteiger partial charge on any atom is -0.398 e. The molecule has 4 nitrogen and oxygen atoms in total. The molecule has 0 spiro atoms. The number of aromatic nitrogens is 1. The zero-order valence-corrected chi connectivity index (χ0v) is 12.1. The molecule has 6 heteroatoms. The van der Waals surface area contributed by atoms with Gasteiger partial charge in [0.15, 0.2) is 5.13 Å². The first-order valence-electron chi connectivity index (χ1n) is 5.60. The molecule has 0 bridgehead atoms. The molecule has 18 heavy (non-hydrogen) atoms. The second-order valence-corrected chi connectivity index (χ2v) is 6.42. The molecule has 0 radical (unpaired) electrons. The topological polar surface area (TPSA) is 68.0 Å². The third kappa shape index (κ3) is 2.70. The van der Waals surface area contributed by atoms with Gasteiger partial charge in [-0.05, 0) is 18.9 Å². The first-order chi connectivity index (χ1) is 8.47. The fourth-order valence-electron chi connectivity index (χ4n) is 1.38. The fraction of sp³-hybridized carbons (Fsp3) is 0.333. The third-order valence-electron chi connectivity index (χ3n) is 2.51. The molecule has 0 saturated heterocycles. The van der Waals surface area contributed by atoms with Crippen molar-refractivity contribution in [1.82, 2.24) is 4.98 Å². The van der Waals surface area contributed by atoms with Crippen LogP contribution in [0.2, 0.25) is 0 Å². The Morgan fingerprint density at radius 2 is 2.22 bits per heavy atom. The van der Waals surface area contributed by atoms with Crippen LogP contribution in [-0.4, -0.2) is 10.9 Å². The summed E-state index contributed by atoms with van der Waals surface area (Å²) in [5, 5.41) is 5.40. The van der Waals surface area contributed by atoms with Gasteiger partial charge >= 0.3 is 0 Å². The van der Waals surface area contributed by atoms with E-state index < -0.39 is 0 Å². The van der Waals surface area contributed by atoms with Crippen LogP contribution in [0.15, 0.2) is 11.4 Å². The maximum Gasteiger partial charge on any atom is 0.267 e. The molecule has 0 saturated carbocycles. The number of thiophene rings is 1. The summed E-state index contributed by atoms with van der Waals surface area (Å²) < 4.78 is 0. The Balaban J connectivity index is 2.11. The molecule has 0 aliphatic heterocycles. The van der Waals surface area contributed by atoms with Crippen molar-refractivity contribution in [3.8, 4) is 0 Å². The van der Waals surface area contributed by atoms with Crippen LogP contribution in [0.5, 0.6) is 0 Å². The van der Waals surface area contributed by atoms with Gasteiger partial charge in [-0.25, -0.2) is 4.98 Å². The van der Waals surface area contributed by atoms with Gasteiger partial charge in [-0.15, -0.1) is 22.7 Å². The molecule has 1 amide bonds. The quantitative estimate of drug-likeness (QED) is 0.905. The first kappa shape index (κ1) is 13.0. The molecule has 96 valence electrons. The number of thiazole rings is 1. The van der Waals surface area contributed by atoms with Gasteiger partial charge in [0.05, 0.1) is 10.6 Å². The van der Waals surface area contributed by atoms with Crippen molar-refractivity contribution >= 4 is 39.4 Å². The van der Waals surface area contributed by atoms with Crippen molar-refractivity contribution < 1.29 is 4.79 Å². The lowest BCUT2D eigenvalue weighted by Gasteiger charge is -1.99. The Morgan fingerprint density at radius 3 is 2.72 bits per heavy atom. The number of aryl methyl sites for hydroxylation is 1. The van der Waals surface area contributed by atoms with Crippen LogP contribution >= 0.6 is 22.7 Å². The maximum atomic E-state index is 12.0. The highest BCUT2D eigenvalue weighted by atomic mass is 32.1. The second kappa shape index (κ2) is 5.07. The van der Waals surface area contributed by atoms with E-state index in [9.17, 15) is 4.79 Å². The van der Waals surface area contributed by atoms with Crippen LogP contribution in [-0.2, 0) is 0 Å². The van der Waals surface area contributed by atoms with E-state index in [0.717, 1.165) is 10.6 Å². The number of nitrogen functional groups attached to an aromatic ring is 1. The van der Waals surface area contributed by atoms with Crippen molar-refractivity contribution in [2.24, 2.45) is 0 Å². The molecule has 0 atom stereocenters. The monoisotopic (exact) mass is 281 g/mol. The van der Waals surface area contributed by atoms with Gasteiger partial charge in [0.2, 0.25) is 0 Å². The van der Waals surface area contributed by atoms with Crippen molar-refractivity contribution in [2.75, 3.05) is 11.1 Å². The summed E-state index contributed by atoms with van der Waals surface area (Å²) >= 11 is 2.84. The summed E-state index contributed by atoms with van der Waals surface area (Å²) in [7, 11) is 0. The Labute approximate surface area is 114 Å².